The van der Waals surface area contributed by atoms with Crippen molar-refractivity contribution in [2.45, 2.75) is 39.5 Å². The Hall–Kier alpha value is -2.90. The second-order valence-electron chi connectivity index (χ2n) is 4.80. The lowest BCUT2D eigenvalue weighted by atomic mass is 10.2. The summed E-state index contributed by atoms with van der Waals surface area (Å²) in [6, 6.07) is 0. The maximum atomic E-state index is 10.3. The highest BCUT2D eigenvalue weighted by atomic mass is 16.5. The molecule has 0 aliphatic rings. The van der Waals surface area contributed by atoms with Crippen molar-refractivity contribution >= 4 is 23.9 Å². The molecule has 2 N–H and O–H groups in total. The van der Waals surface area contributed by atoms with E-state index in [1.807, 2.05) is 6.92 Å². The van der Waals surface area contributed by atoms with E-state index in [0.717, 1.165) is 12.8 Å². The van der Waals surface area contributed by atoms with E-state index in [-0.39, 0.29) is 30.4 Å². The number of ether oxygens (including phenoxy) is 2. The molecular formula is C18H28O8. The van der Waals surface area contributed by atoms with Gasteiger partial charge in [0.25, 0.3) is 0 Å². The van der Waals surface area contributed by atoms with Gasteiger partial charge < -0.3 is 19.7 Å². The molecule has 0 rings (SSSR count). The van der Waals surface area contributed by atoms with E-state index >= 15 is 0 Å². The number of esters is 2. The Balaban J connectivity index is -0.000000310. The van der Waals surface area contributed by atoms with Gasteiger partial charge in [-0.25, -0.2) is 14.4 Å². The fourth-order valence-corrected chi connectivity index (χ4v) is 0.915. The molecule has 0 radical (unpaired) electrons. The van der Waals surface area contributed by atoms with Gasteiger partial charge in [-0.2, -0.15) is 0 Å². The zero-order valence-electron chi connectivity index (χ0n) is 15.6. The molecule has 0 aliphatic carbocycles. The molecule has 8 heteroatoms. The first-order valence-electron chi connectivity index (χ1n) is 7.69. The van der Waals surface area contributed by atoms with Crippen LogP contribution in [0.1, 0.15) is 39.5 Å². The molecule has 0 atom stereocenters. The molecule has 0 saturated heterocycles. The van der Waals surface area contributed by atoms with Gasteiger partial charge >= 0.3 is 23.9 Å². The number of rotatable bonds is 9. The normalized spacial score (nSPS) is 8.42. The third-order valence-electron chi connectivity index (χ3n) is 2.39. The number of carbonyl (C=O) groups excluding carboxylic acids is 2. The van der Waals surface area contributed by atoms with Crippen LogP contribution >= 0.6 is 0 Å². The Morgan fingerprint density at radius 2 is 1.62 bits per heavy atom. The summed E-state index contributed by atoms with van der Waals surface area (Å²) in [5, 5.41) is 16.3. The van der Waals surface area contributed by atoms with Crippen molar-refractivity contribution in [2.24, 2.45) is 0 Å². The molecule has 0 unspecified atom stereocenters. The van der Waals surface area contributed by atoms with Gasteiger partial charge in [0, 0.05) is 23.6 Å². The molecule has 0 bridgehead atoms. The SMILES string of the molecule is C=C(C)C(=O)OC.C=C(CCC(=O)O)C(=O)O.C=CC(=O)OCCCC. The van der Waals surface area contributed by atoms with Gasteiger partial charge in [-0.05, 0) is 19.8 Å². The summed E-state index contributed by atoms with van der Waals surface area (Å²) < 4.78 is 8.95. The van der Waals surface area contributed by atoms with Crippen LogP contribution in [0.25, 0.3) is 0 Å². The highest BCUT2D eigenvalue weighted by Gasteiger charge is 2.05. The smallest absolute Gasteiger partial charge is 0.332 e. The Labute approximate surface area is 153 Å². The zero-order valence-corrected chi connectivity index (χ0v) is 15.6. The number of hydrogen-bond donors (Lipinski definition) is 2. The first kappa shape index (κ1) is 27.9. The van der Waals surface area contributed by atoms with E-state index in [1.165, 1.54) is 13.2 Å². The quantitative estimate of drug-likeness (QED) is 0.359. The van der Waals surface area contributed by atoms with Gasteiger partial charge in [-0.3, -0.25) is 4.79 Å². The Morgan fingerprint density at radius 3 is 1.88 bits per heavy atom. The van der Waals surface area contributed by atoms with Crippen LogP contribution in [0, 0.1) is 0 Å². The van der Waals surface area contributed by atoms with E-state index in [0.29, 0.717) is 12.2 Å². The van der Waals surface area contributed by atoms with Gasteiger partial charge in [0.15, 0.2) is 0 Å². The molecule has 148 valence electrons. The van der Waals surface area contributed by atoms with Crippen LogP contribution in [-0.2, 0) is 28.7 Å². The Morgan fingerprint density at radius 1 is 1.08 bits per heavy atom. The van der Waals surface area contributed by atoms with Crippen molar-refractivity contribution in [3.8, 4) is 0 Å². The lowest BCUT2D eigenvalue weighted by Gasteiger charge is -1.97. The number of aliphatic carboxylic acids is 2. The summed E-state index contributed by atoms with van der Waals surface area (Å²) in [5.74, 6) is -2.83. The van der Waals surface area contributed by atoms with E-state index in [1.54, 1.807) is 6.92 Å². The largest absolute Gasteiger partial charge is 0.481 e. The van der Waals surface area contributed by atoms with Crippen LogP contribution < -0.4 is 0 Å². The molecule has 0 aromatic rings. The summed E-state index contributed by atoms with van der Waals surface area (Å²) in [6.45, 7) is 13.9. The molecule has 0 aromatic heterocycles. The Bertz CT molecular complexity index is 505. The number of unbranched alkanes of at least 4 members (excludes halogenated alkanes) is 1. The highest BCUT2D eigenvalue weighted by molar-refractivity contribution is 5.87. The molecule has 0 aromatic carbocycles. The summed E-state index contributed by atoms with van der Waals surface area (Å²) in [6.07, 6.45) is 2.98. The van der Waals surface area contributed by atoms with Gasteiger partial charge in [-0.1, -0.05) is 33.1 Å². The summed E-state index contributed by atoms with van der Waals surface area (Å²) in [5.41, 5.74) is 0.366. The number of carboxylic acid groups (broad SMARTS) is 2. The van der Waals surface area contributed by atoms with Gasteiger partial charge in [0.1, 0.15) is 0 Å². The van der Waals surface area contributed by atoms with Crippen LogP contribution in [0.5, 0.6) is 0 Å². The van der Waals surface area contributed by atoms with E-state index in [4.69, 9.17) is 10.2 Å². The van der Waals surface area contributed by atoms with Crippen LogP contribution in [0.15, 0.2) is 37.0 Å². The van der Waals surface area contributed by atoms with Crippen LogP contribution in [0.3, 0.4) is 0 Å². The van der Waals surface area contributed by atoms with Gasteiger partial charge in [0.05, 0.1) is 13.7 Å². The van der Waals surface area contributed by atoms with Gasteiger partial charge in [0.2, 0.25) is 0 Å². The molecule has 0 amide bonds. The van der Waals surface area contributed by atoms with Crippen molar-refractivity contribution < 1.29 is 38.9 Å². The Kier molecular flexibility index (Phi) is 19.8. The number of methoxy groups -OCH3 is 1. The van der Waals surface area contributed by atoms with Crippen LogP contribution in [0.2, 0.25) is 0 Å². The standard InChI is InChI=1S/C7H12O2.C6H8O4.C5H8O2/c1-3-5-6-9-7(8)4-2;1-4(6(9)10)2-3-5(7)8;1-4(2)5(6)7-3/h4H,2-3,5-6H2,1H3;1-3H2,(H,7,8)(H,9,10);1H2,2-3H3. The molecule has 0 spiro atoms. The van der Waals surface area contributed by atoms with E-state index < -0.39 is 11.9 Å². The lowest BCUT2D eigenvalue weighted by Crippen LogP contribution is -2.02. The zero-order chi connectivity index (χ0) is 21.1. The fraction of sp³-hybridized carbons (Fsp3) is 0.444. The van der Waals surface area contributed by atoms with Crippen LogP contribution in [-0.4, -0.2) is 47.8 Å². The maximum absolute atomic E-state index is 10.3. The van der Waals surface area contributed by atoms with Crippen molar-refractivity contribution in [1.82, 2.24) is 0 Å². The monoisotopic (exact) mass is 372 g/mol. The minimum absolute atomic E-state index is 0.00463. The number of carbonyl (C=O) groups is 4. The predicted molar refractivity (Wildman–Crippen MR) is 96.5 cm³/mol. The number of carboxylic acids is 2. The molecular weight excluding hydrogens is 344 g/mol. The van der Waals surface area contributed by atoms with Crippen LogP contribution in [0.4, 0.5) is 0 Å². The van der Waals surface area contributed by atoms with Crippen molar-refractivity contribution in [1.29, 1.82) is 0 Å². The predicted octanol–water partition coefficient (Wildman–Crippen LogP) is 2.74. The van der Waals surface area contributed by atoms with Crippen molar-refractivity contribution in [2.75, 3.05) is 13.7 Å². The minimum Gasteiger partial charge on any atom is -0.481 e. The molecule has 0 aliphatic heterocycles. The number of hydrogen-bond acceptors (Lipinski definition) is 6. The molecule has 0 saturated carbocycles. The minimum atomic E-state index is -1.14. The third kappa shape index (κ3) is 23.4. The van der Waals surface area contributed by atoms with Crippen molar-refractivity contribution in [3.05, 3.63) is 37.0 Å². The topological polar surface area (TPSA) is 127 Å². The highest BCUT2D eigenvalue weighted by Crippen LogP contribution is 2.01. The van der Waals surface area contributed by atoms with E-state index in [9.17, 15) is 19.2 Å². The maximum Gasteiger partial charge on any atom is 0.332 e. The first-order valence-corrected chi connectivity index (χ1v) is 7.69. The first-order chi connectivity index (χ1) is 12.0. The summed E-state index contributed by atoms with van der Waals surface area (Å²) in [4.78, 5) is 40.4. The average Bonchev–Trinajstić information content (AvgIpc) is 2.59. The van der Waals surface area contributed by atoms with Crippen molar-refractivity contribution in [3.63, 3.8) is 0 Å². The second-order valence-corrected chi connectivity index (χ2v) is 4.80. The molecule has 0 fully saturated rings. The third-order valence-corrected chi connectivity index (χ3v) is 2.39. The fourth-order valence-electron chi connectivity index (χ4n) is 0.915. The average molecular weight is 372 g/mol. The summed E-state index contributed by atoms with van der Waals surface area (Å²) in [7, 11) is 1.33. The molecule has 0 heterocycles. The summed E-state index contributed by atoms with van der Waals surface area (Å²) >= 11 is 0. The van der Waals surface area contributed by atoms with Gasteiger partial charge in [-0.15, -0.1) is 0 Å². The lowest BCUT2D eigenvalue weighted by molar-refractivity contribution is -0.138. The van der Waals surface area contributed by atoms with E-state index in [2.05, 4.69) is 29.2 Å². The molecule has 8 nitrogen and oxygen atoms in total. The second kappa shape index (κ2) is 18.4. The molecule has 26 heavy (non-hydrogen) atoms.